The Morgan fingerprint density at radius 1 is 0.651 bits per heavy atom. The molecule has 0 saturated heterocycles. The van der Waals surface area contributed by atoms with Crippen LogP contribution in [0.2, 0.25) is 0 Å². The van der Waals surface area contributed by atoms with Crippen molar-refractivity contribution in [2.24, 2.45) is 4.99 Å². The van der Waals surface area contributed by atoms with Crippen LogP contribution in [-0.2, 0) is 6.54 Å². The second kappa shape index (κ2) is 19.1. The monoisotopic (exact) mass is 575 g/mol. The number of hydrogen-bond acceptors (Lipinski definition) is 3. The molecular weight excluding hydrogens is 524 g/mol. The largest absolute Gasteiger partial charge is 0.372 e. The highest BCUT2D eigenvalue weighted by atomic mass is 15.1. The number of hydrogen-bond donors (Lipinski definition) is 0. The average molecular weight is 576 g/mol. The summed E-state index contributed by atoms with van der Waals surface area (Å²) < 4.78 is 2.25. The summed E-state index contributed by atoms with van der Waals surface area (Å²) in [5.41, 5.74) is 7.32. The first kappa shape index (κ1) is 33.3. The van der Waals surface area contributed by atoms with E-state index in [1.54, 1.807) is 0 Å². The number of unbranched alkanes of at least 4 members (excludes halogenated alkanes) is 1. The fourth-order valence-electron chi connectivity index (χ4n) is 4.95. The SMILES string of the molecule is C\C=C/C(/C=C/c1ccc(N(CC)CC)cc1)=C\C=N\CCCC[n+]1ccc(/C=C/c2ccc(N(CC)CC)cc2)cc1. The van der Waals surface area contributed by atoms with Crippen LogP contribution < -0.4 is 14.4 Å². The van der Waals surface area contributed by atoms with Crippen LogP contribution in [0, 0.1) is 0 Å². The number of aliphatic imine (C=N–C) groups is 1. The lowest BCUT2D eigenvalue weighted by Gasteiger charge is -2.20. The molecule has 3 rings (SSSR count). The Hall–Kier alpha value is -4.18. The summed E-state index contributed by atoms with van der Waals surface area (Å²) in [6, 6.07) is 21.9. The summed E-state index contributed by atoms with van der Waals surface area (Å²) in [5.74, 6) is 0. The minimum absolute atomic E-state index is 0.838. The van der Waals surface area contributed by atoms with Crippen molar-refractivity contribution in [3.63, 3.8) is 0 Å². The predicted molar refractivity (Wildman–Crippen MR) is 190 cm³/mol. The molecule has 0 fully saturated rings. The van der Waals surface area contributed by atoms with E-state index in [0.717, 1.165) is 57.7 Å². The lowest BCUT2D eigenvalue weighted by molar-refractivity contribution is -0.697. The van der Waals surface area contributed by atoms with E-state index in [2.05, 4.69) is 163 Å². The molecule has 0 saturated carbocycles. The molecule has 0 unspecified atom stereocenters. The quantitative estimate of drug-likeness (QED) is 0.0694. The molecule has 4 nitrogen and oxygen atoms in total. The van der Waals surface area contributed by atoms with Crippen LogP contribution in [0.4, 0.5) is 11.4 Å². The highest BCUT2D eigenvalue weighted by Gasteiger charge is 2.02. The lowest BCUT2D eigenvalue weighted by atomic mass is 10.1. The summed E-state index contributed by atoms with van der Waals surface area (Å²) in [5, 5.41) is 0. The zero-order chi connectivity index (χ0) is 30.7. The molecule has 4 heteroatoms. The fraction of sp³-hybridized carbons (Fsp3) is 0.333. The standard InChI is InChI=1S/C39H51N4/c1-6-13-34(14-15-35-18-22-38(23-19-35)42(7-2)8-3)26-30-40-29-11-12-31-41-32-27-37(28-33-41)17-16-36-20-24-39(25-21-36)43(9-4)10-5/h6,13-28,30,32-33H,7-12,29,31H2,1-5H3/q+1/b13-6-,15-14+,34-26+,40-30+. The maximum Gasteiger partial charge on any atom is 0.169 e. The number of aromatic nitrogens is 1. The van der Waals surface area contributed by atoms with Gasteiger partial charge in [-0.3, -0.25) is 4.99 Å². The summed E-state index contributed by atoms with van der Waals surface area (Å²) in [6.07, 6.45) is 23.4. The van der Waals surface area contributed by atoms with Gasteiger partial charge < -0.3 is 9.80 Å². The van der Waals surface area contributed by atoms with Crippen LogP contribution in [0.1, 0.15) is 64.2 Å². The molecule has 1 aromatic heterocycles. The van der Waals surface area contributed by atoms with Gasteiger partial charge in [0, 0.05) is 68.9 Å². The zero-order valence-electron chi connectivity index (χ0n) is 27.0. The van der Waals surface area contributed by atoms with Crippen LogP contribution in [0.5, 0.6) is 0 Å². The minimum atomic E-state index is 0.838. The molecule has 0 spiro atoms. The van der Waals surface area contributed by atoms with Crippen molar-refractivity contribution in [2.45, 2.75) is 54.0 Å². The predicted octanol–water partition coefficient (Wildman–Crippen LogP) is 8.90. The van der Waals surface area contributed by atoms with Gasteiger partial charge in [-0.2, -0.15) is 0 Å². The number of pyridine rings is 1. The number of benzene rings is 2. The van der Waals surface area contributed by atoms with E-state index in [4.69, 9.17) is 0 Å². The van der Waals surface area contributed by atoms with Crippen molar-refractivity contribution in [2.75, 3.05) is 42.5 Å². The molecule has 43 heavy (non-hydrogen) atoms. The van der Waals surface area contributed by atoms with Crippen molar-refractivity contribution in [1.82, 2.24) is 0 Å². The van der Waals surface area contributed by atoms with Crippen molar-refractivity contribution >= 4 is 35.8 Å². The molecule has 1 heterocycles. The molecule has 0 N–H and O–H groups in total. The molecule has 0 radical (unpaired) electrons. The topological polar surface area (TPSA) is 22.7 Å². The van der Waals surface area contributed by atoms with Crippen molar-refractivity contribution in [3.05, 3.63) is 120 Å². The highest BCUT2D eigenvalue weighted by molar-refractivity contribution is 5.75. The van der Waals surface area contributed by atoms with Gasteiger partial charge in [0.05, 0.1) is 0 Å². The second-order valence-corrected chi connectivity index (χ2v) is 10.5. The molecule has 226 valence electrons. The molecule has 0 aliphatic rings. The van der Waals surface area contributed by atoms with Gasteiger partial charge in [-0.05, 0) is 93.6 Å². The second-order valence-electron chi connectivity index (χ2n) is 10.5. The lowest BCUT2D eigenvalue weighted by Crippen LogP contribution is -2.32. The maximum atomic E-state index is 4.63. The van der Waals surface area contributed by atoms with E-state index in [1.165, 1.54) is 28.1 Å². The minimum Gasteiger partial charge on any atom is -0.372 e. The van der Waals surface area contributed by atoms with Gasteiger partial charge in [0.1, 0.15) is 6.54 Å². The molecule has 0 amide bonds. The van der Waals surface area contributed by atoms with Crippen LogP contribution in [-0.4, -0.2) is 38.9 Å². The van der Waals surface area contributed by atoms with Gasteiger partial charge in [0.25, 0.3) is 0 Å². The Morgan fingerprint density at radius 3 is 1.67 bits per heavy atom. The Labute approximate surface area is 261 Å². The molecular formula is C39H51N4+. The molecule has 2 aromatic carbocycles. The number of aryl methyl sites for hydroxylation is 1. The summed E-state index contributed by atoms with van der Waals surface area (Å²) in [7, 11) is 0. The van der Waals surface area contributed by atoms with Gasteiger partial charge in [0.15, 0.2) is 12.4 Å². The normalized spacial score (nSPS) is 12.3. The van der Waals surface area contributed by atoms with Gasteiger partial charge in [-0.1, -0.05) is 60.7 Å². The van der Waals surface area contributed by atoms with Crippen molar-refractivity contribution in [1.29, 1.82) is 0 Å². The number of rotatable bonds is 17. The first-order chi connectivity index (χ1) is 21.1. The van der Waals surface area contributed by atoms with E-state index < -0.39 is 0 Å². The smallest absolute Gasteiger partial charge is 0.169 e. The number of anilines is 2. The van der Waals surface area contributed by atoms with Crippen LogP contribution in [0.15, 0.2) is 108 Å². The van der Waals surface area contributed by atoms with Crippen LogP contribution in [0.25, 0.3) is 18.2 Å². The van der Waals surface area contributed by atoms with E-state index in [-0.39, 0.29) is 0 Å². The maximum absolute atomic E-state index is 4.63. The van der Waals surface area contributed by atoms with Gasteiger partial charge in [-0.25, -0.2) is 4.57 Å². The van der Waals surface area contributed by atoms with Crippen LogP contribution >= 0.6 is 0 Å². The van der Waals surface area contributed by atoms with Gasteiger partial charge >= 0.3 is 0 Å². The van der Waals surface area contributed by atoms with E-state index in [1.807, 2.05) is 13.1 Å². The zero-order valence-corrected chi connectivity index (χ0v) is 27.0. The first-order valence-corrected chi connectivity index (χ1v) is 16.0. The van der Waals surface area contributed by atoms with Gasteiger partial charge in [-0.15, -0.1) is 0 Å². The van der Waals surface area contributed by atoms with Crippen molar-refractivity contribution in [3.8, 4) is 0 Å². The van der Waals surface area contributed by atoms with E-state index in [9.17, 15) is 0 Å². The van der Waals surface area contributed by atoms with E-state index in [0.29, 0.717) is 0 Å². The molecule has 0 aliphatic heterocycles. The Morgan fingerprint density at radius 2 is 1.16 bits per heavy atom. The summed E-state index contributed by atoms with van der Waals surface area (Å²) in [6.45, 7) is 16.8. The summed E-state index contributed by atoms with van der Waals surface area (Å²) >= 11 is 0. The van der Waals surface area contributed by atoms with Gasteiger partial charge in [0.2, 0.25) is 0 Å². The third kappa shape index (κ3) is 11.5. The fourth-order valence-corrected chi connectivity index (χ4v) is 4.95. The molecule has 0 aliphatic carbocycles. The Bertz CT molecular complexity index is 1340. The summed E-state index contributed by atoms with van der Waals surface area (Å²) in [4.78, 5) is 9.35. The van der Waals surface area contributed by atoms with E-state index >= 15 is 0 Å². The van der Waals surface area contributed by atoms with Crippen LogP contribution in [0.3, 0.4) is 0 Å². The molecule has 3 aromatic rings. The molecule has 0 bridgehead atoms. The number of allylic oxidation sites excluding steroid dienone is 5. The van der Waals surface area contributed by atoms with Crippen molar-refractivity contribution < 1.29 is 4.57 Å². The first-order valence-electron chi connectivity index (χ1n) is 16.0. The Balaban J connectivity index is 1.41. The average Bonchev–Trinajstić information content (AvgIpc) is 3.05. The third-order valence-electron chi connectivity index (χ3n) is 7.58. The highest BCUT2D eigenvalue weighted by Crippen LogP contribution is 2.17. The number of nitrogens with zero attached hydrogens (tertiary/aromatic N) is 4. The Kier molecular flexibility index (Phi) is 14.8. The third-order valence-corrected chi connectivity index (χ3v) is 7.58. The molecule has 0 atom stereocenters.